The average molecular weight is 554 g/mol. The summed E-state index contributed by atoms with van der Waals surface area (Å²) in [4.78, 5) is 42.3. The second kappa shape index (κ2) is 11.1. The highest BCUT2D eigenvalue weighted by Gasteiger charge is 2.34. The lowest BCUT2D eigenvalue weighted by Crippen LogP contribution is -2.20. The van der Waals surface area contributed by atoms with E-state index in [4.69, 9.17) is 0 Å². The molecule has 0 unspecified atom stereocenters. The number of anilines is 2. The lowest BCUT2D eigenvalue weighted by molar-refractivity contribution is -0.136. The maximum Gasteiger partial charge on any atom is 0.418 e. The van der Waals surface area contributed by atoms with Crippen molar-refractivity contribution in [2.75, 3.05) is 10.6 Å². The molecule has 0 aliphatic heterocycles. The fourth-order valence-electron chi connectivity index (χ4n) is 4.62. The van der Waals surface area contributed by atoms with Crippen LogP contribution in [-0.4, -0.2) is 22.6 Å². The molecular formula is C32H22F3N3O3. The van der Waals surface area contributed by atoms with Crippen LogP contribution in [0.4, 0.5) is 29.3 Å². The SMILES string of the molecule is CC(=O)c1ccccc1NC(=O)Nc1cccc(-c2c(C(=O)c3ccccc3)cnc3c(C(F)(F)F)cccc23)c1. The summed E-state index contributed by atoms with van der Waals surface area (Å²) in [6.07, 6.45) is -3.50. The smallest absolute Gasteiger partial charge is 0.308 e. The molecule has 1 heterocycles. The quantitative estimate of drug-likeness (QED) is 0.209. The topological polar surface area (TPSA) is 88.2 Å². The summed E-state index contributed by atoms with van der Waals surface area (Å²) in [6, 6.07) is 24.4. The minimum Gasteiger partial charge on any atom is -0.308 e. The molecule has 5 aromatic rings. The lowest BCUT2D eigenvalue weighted by Gasteiger charge is -2.16. The number of hydrogen-bond donors (Lipinski definition) is 2. The molecule has 0 saturated carbocycles. The van der Waals surface area contributed by atoms with Crippen LogP contribution in [0.25, 0.3) is 22.0 Å². The molecule has 0 fully saturated rings. The van der Waals surface area contributed by atoms with E-state index in [1.807, 2.05) is 0 Å². The molecule has 0 bridgehead atoms. The van der Waals surface area contributed by atoms with Crippen molar-refractivity contribution in [2.24, 2.45) is 0 Å². The van der Waals surface area contributed by atoms with Gasteiger partial charge in [0.05, 0.1) is 16.8 Å². The van der Waals surface area contributed by atoms with Crippen LogP contribution >= 0.6 is 0 Å². The van der Waals surface area contributed by atoms with Crippen molar-refractivity contribution in [1.82, 2.24) is 4.98 Å². The molecule has 1 aromatic heterocycles. The van der Waals surface area contributed by atoms with Gasteiger partial charge in [-0.3, -0.25) is 14.6 Å². The number of nitrogens with zero attached hydrogens (tertiary/aromatic N) is 1. The van der Waals surface area contributed by atoms with Gasteiger partial charge in [0.25, 0.3) is 0 Å². The van der Waals surface area contributed by atoms with Crippen molar-refractivity contribution in [1.29, 1.82) is 0 Å². The number of fused-ring (bicyclic) bond motifs is 1. The normalized spacial score (nSPS) is 11.2. The highest BCUT2D eigenvalue weighted by Crippen LogP contribution is 2.39. The summed E-state index contributed by atoms with van der Waals surface area (Å²) in [5, 5.41) is 5.47. The summed E-state index contributed by atoms with van der Waals surface area (Å²) >= 11 is 0. The second-order valence-corrected chi connectivity index (χ2v) is 9.20. The lowest BCUT2D eigenvalue weighted by atomic mass is 9.91. The molecule has 0 radical (unpaired) electrons. The van der Waals surface area contributed by atoms with E-state index in [1.54, 1.807) is 78.9 Å². The molecule has 0 saturated heterocycles. The monoisotopic (exact) mass is 553 g/mol. The van der Waals surface area contributed by atoms with Gasteiger partial charge in [-0.2, -0.15) is 13.2 Å². The highest BCUT2D eigenvalue weighted by atomic mass is 19.4. The van der Waals surface area contributed by atoms with E-state index in [-0.39, 0.29) is 27.8 Å². The number of halogens is 3. The Balaban J connectivity index is 1.59. The van der Waals surface area contributed by atoms with E-state index < -0.39 is 23.6 Å². The van der Waals surface area contributed by atoms with Gasteiger partial charge in [0, 0.05) is 39.5 Å². The van der Waals surface area contributed by atoms with Crippen LogP contribution in [-0.2, 0) is 6.18 Å². The minimum atomic E-state index is -4.66. The van der Waals surface area contributed by atoms with Gasteiger partial charge in [0.15, 0.2) is 11.6 Å². The number of benzene rings is 4. The largest absolute Gasteiger partial charge is 0.418 e. The predicted molar refractivity (Wildman–Crippen MR) is 151 cm³/mol. The molecule has 0 spiro atoms. The number of urea groups is 1. The van der Waals surface area contributed by atoms with Gasteiger partial charge in [0.2, 0.25) is 0 Å². The molecule has 2 amide bonds. The summed E-state index contributed by atoms with van der Waals surface area (Å²) in [5.74, 6) is -0.634. The first-order valence-corrected chi connectivity index (χ1v) is 12.5. The molecule has 0 aliphatic rings. The van der Waals surface area contributed by atoms with E-state index in [2.05, 4.69) is 15.6 Å². The van der Waals surface area contributed by atoms with Crippen LogP contribution in [0.2, 0.25) is 0 Å². The molecule has 5 rings (SSSR count). The Morgan fingerprint density at radius 1 is 0.756 bits per heavy atom. The number of alkyl halides is 3. The molecule has 9 heteroatoms. The third-order valence-corrected chi connectivity index (χ3v) is 6.45. The van der Waals surface area contributed by atoms with Gasteiger partial charge >= 0.3 is 12.2 Å². The number of Topliss-reactive ketones (excluding diaryl/α,β-unsaturated/α-hetero) is 1. The highest BCUT2D eigenvalue weighted by molar-refractivity contribution is 6.17. The second-order valence-electron chi connectivity index (χ2n) is 9.20. The van der Waals surface area contributed by atoms with Crippen molar-refractivity contribution in [2.45, 2.75) is 13.1 Å². The molecule has 0 aliphatic carbocycles. The maximum absolute atomic E-state index is 13.9. The molecule has 41 heavy (non-hydrogen) atoms. The fraction of sp³-hybridized carbons (Fsp3) is 0.0625. The van der Waals surface area contributed by atoms with Crippen LogP contribution in [0.1, 0.15) is 38.8 Å². The van der Waals surface area contributed by atoms with E-state index in [0.29, 0.717) is 28.1 Å². The number of amides is 2. The number of para-hydroxylation sites is 2. The summed E-state index contributed by atoms with van der Waals surface area (Å²) in [7, 11) is 0. The Labute approximate surface area is 232 Å². The maximum atomic E-state index is 13.9. The minimum absolute atomic E-state index is 0.111. The van der Waals surface area contributed by atoms with Gasteiger partial charge in [0.1, 0.15) is 0 Å². The molecule has 4 aromatic carbocycles. The first-order chi connectivity index (χ1) is 19.6. The first kappa shape index (κ1) is 27.3. The number of pyridine rings is 1. The molecular weight excluding hydrogens is 531 g/mol. The molecule has 6 nitrogen and oxygen atoms in total. The number of ketones is 2. The van der Waals surface area contributed by atoms with E-state index in [0.717, 1.165) is 12.3 Å². The van der Waals surface area contributed by atoms with Crippen molar-refractivity contribution in [3.8, 4) is 11.1 Å². The van der Waals surface area contributed by atoms with Crippen LogP contribution in [0.15, 0.2) is 103 Å². The van der Waals surface area contributed by atoms with Gasteiger partial charge in [-0.1, -0.05) is 66.7 Å². The van der Waals surface area contributed by atoms with Crippen LogP contribution in [0, 0.1) is 0 Å². The van der Waals surface area contributed by atoms with Crippen LogP contribution in [0.3, 0.4) is 0 Å². The zero-order valence-corrected chi connectivity index (χ0v) is 21.6. The Bertz CT molecular complexity index is 1800. The Morgan fingerprint density at radius 2 is 1.46 bits per heavy atom. The molecule has 204 valence electrons. The third kappa shape index (κ3) is 5.69. The van der Waals surface area contributed by atoms with Crippen molar-refractivity contribution in [3.05, 3.63) is 126 Å². The number of nitrogens with one attached hydrogen (secondary N) is 2. The Kier molecular flexibility index (Phi) is 7.35. The van der Waals surface area contributed by atoms with Gasteiger partial charge in [-0.25, -0.2) is 4.79 Å². The summed E-state index contributed by atoms with van der Waals surface area (Å²) in [6.45, 7) is 1.39. The van der Waals surface area contributed by atoms with Crippen molar-refractivity contribution >= 4 is 39.9 Å². The van der Waals surface area contributed by atoms with E-state index in [9.17, 15) is 27.6 Å². The van der Waals surface area contributed by atoms with Crippen LogP contribution in [0.5, 0.6) is 0 Å². The fourth-order valence-corrected chi connectivity index (χ4v) is 4.62. The average Bonchev–Trinajstić information content (AvgIpc) is 2.96. The zero-order valence-electron chi connectivity index (χ0n) is 21.6. The van der Waals surface area contributed by atoms with Crippen molar-refractivity contribution in [3.63, 3.8) is 0 Å². The van der Waals surface area contributed by atoms with Gasteiger partial charge in [-0.15, -0.1) is 0 Å². The standard InChI is InChI=1S/C32H22F3N3O3/c1-19(39)23-13-5-6-16-27(23)38-31(41)37-22-12-7-11-21(17-22)28-24-14-8-15-26(32(33,34)35)29(24)36-18-25(28)30(40)20-9-3-2-4-10-20/h2-18H,1H3,(H2,37,38,41). The summed E-state index contributed by atoms with van der Waals surface area (Å²) in [5.41, 5.74) is 0.867. The van der Waals surface area contributed by atoms with Crippen molar-refractivity contribution < 1.29 is 27.6 Å². The Hall–Kier alpha value is -5.31. The number of carbonyl (C=O) groups excluding carboxylic acids is 3. The first-order valence-electron chi connectivity index (χ1n) is 12.5. The number of aromatic nitrogens is 1. The van der Waals surface area contributed by atoms with Gasteiger partial charge in [-0.05, 0) is 42.8 Å². The molecule has 0 atom stereocenters. The summed E-state index contributed by atoms with van der Waals surface area (Å²) < 4.78 is 41.6. The number of carbonyl (C=O) groups is 3. The Morgan fingerprint density at radius 3 is 2.20 bits per heavy atom. The van der Waals surface area contributed by atoms with E-state index in [1.165, 1.54) is 19.1 Å². The zero-order chi connectivity index (χ0) is 29.1. The number of rotatable bonds is 6. The molecule has 2 N–H and O–H groups in total. The third-order valence-electron chi connectivity index (χ3n) is 6.45. The van der Waals surface area contributed by atoms with Gasteiger partial charge < -0.3 is 10.6 Å². The van der Waals surface area contributed by atoms with E-state index >= 15 is 0 Å². The number of hydrogen-bond acceptors (Lipinski definition) is 4. The van der Waals surface area contributed by atoms with Crippen LogP contribution < -0.4 is 10.6 Å². The predicted octanol–water partition coefficient (Wildman–Crippen LogP) is 8.00.